The SMILES string of the molecule is CC(C)(C)NCc1ccc(SCCCCCCO)cc1. The number of hydrogen-bond acceptors (Lipinski definition) is 3. The second-order valence-corrected chi connectivity index (χ2v) is 7.40. The fraction of sp³-hybridized carbons (Fsp3) is 0.647. The molecule has 1 aromatic carbocycles. The summed E-state index contributed by atoms with van der Waals surface area (Å²) in [4.78, 5) is 1.35. The van der Waals surface area contributed by atoms with Crippen molar-refractivity contribution in [2.24, 2.45) is 0 Å². The summed E-state index contributed by atoms with van der Waals surface area (Å²) in [6, 6.07) is 8.87. The van der Waals surface area contributed by atoms with Gasteiger partial charge < -0.3 is 10.4 Å². The molecular formula is C17H29NOS. The van der Waals surface area contributed by atoms with Gasteiger partial charge in [-0.25, -0.2) is 0 Å². The van der Waals surface area contributed by atoms with Crippen LogP contribution in [0.2, 0.25) is 0 Å². The predicted molar refractivity (Wildman–Crippen MR) is 89.3 cm³/mol. The van der Waals surface area contributed by atoms with Crippen molar-refractivity contribution in [1.82, 2.24) is 5.32 Å². The molecule has 0 aromatic heterocycles. The molecule has 0 heterocycles. The topological polar surface area (TPSA) is 32.3 Å². The Kier molecular flexibility index (Phi) is 8.27. The highest BCUT2D eigenvalue weighted by Gasteiger charge is 2.07. The van der Waals surface area contributed by atoms with Gasteiger partial charge in [-0.05, 0) is 57.1 Å². The standard InChI is InChI=1S/C17H29NOS/c1-17(2,3)18-14-15-8-10-16(11-9-15)20-13-7-5-4-6-12-19/h8-11,18-19H,4-7,12-14H2,1-3H3. The van der Waals surface area contributed by atoms with Crippen LogP contribution in [0.1, 0.15) is 52.0 Å². The smallest absolute Gasteiger partial charge is 0.0431 e. The Labute approximate surface area is 128 Å². The summed E-state index contributed by atoms with van der Waals surface area (Å²) in [6.07, 6.45) is 4.55. The molecule has 0 aliphatic heterocycles. The third kappa shape index (κ3) is 8.62. The summed E-state index contributed by atoms with van der Waals surface area (Å²) < 4.78 is 0. The quantitative estimate of drug-likeness (QED) is 0.528. The van der Waals surface area contributed by atoms with E-state index in [1.807, 2.05) is 11.8 Å². The monoisotopic (exact) mass is 295 g/mol. The van der Waals surface area contributed by atoms with Gasteiger partial charge >= 0.3 is 0 Å². The van der Waals surface area contributed by atoms with Gasteiger partial charge in [0.25, 0.3) is 0 Å². The Morgan fingerprint density at radius 2 is 1.65 bits per heavy atom. The Bertz CT molecular complexity index is 356. The molecule has 1 aromatic rings. The summed E-state index contributed by atoms with van der Waals surface area (Å²) in [5.41, 5.74) is 1.51. The van der Waals surface area contributed by atoms with E-state index in [4.69, 9.17) is 5.11 Å². The maximum atomic E-state index is 8.71. The lowest BCUT2D eigenvalue weighted by atomic mass is 10.1. The molecule has 0 saturated carbocycles. The minimum absolute atomic E-state index is 0.169. The number of aliphatic hydroxyl groups excluding tert-OH is 1. The molecule has 20 heavy (non-hydrogen) atoms. The van der Waals surface area contributed by atoms with Gasteiger partial charge in [0.05, 0.1) is 0 Å². The van der Waals surface area contributed by atoms with Gasteiger partial charge in [0.2, 0.25) is 0 Å². The number of rotatable bonds is 9. The van der Waals surface area contributed by atoms with Crippen LogP contribution in [-0.4, -0.2) is 23.0 Å². The molecule has 2 N–H and O–H groups in total. The first-order valence-electron chi connectivity index (χ1n) is 7.59. The van der Waals surface area contributed by atoms with Crippen LogP contribution in [0.15, 0.2) is 29.2 Å². The van der Waals surface area contributed by atoms with Crippen molar-refractivity contribution in [2.75, 3.05) is 12.4 Å². The molecule has 0 atom stereocenters. The van der Waals surface area contributed by atoms with E-state index in [9.17, 15) is 0 Å². The van der Waals surface area contributed by atoms with E-state index in [-0.39, 0.29) is 5.54 Å². The van der Waals surface area contributed by atoms with Crippen LogP contribution in [-0.2, 0) is 6.54 Å². The van der Waals surface area contributed by atoms with E-state index in [0.29, 0.717) is 6.61 Å². The van der Waals surface area contributed by atoms with Crippen LogP contribution < -0.4 is 5.32 Å². The summed E-state index contributed by atoms with van der Waals surface area (Å²) in [6.45, 7) is 7.82. The first-order chi connectivity index (χ1) is 9.51. The molecule has 0 saturated heterocycles. The first kappa shape index (κ1) is 17.5. The highest BCUT2D eigenvalue weighted by Crippen LogP contribution is 2.20. The van der Waals surface area contributed by atoms with E-state index in [2.05, 4.69) is 50.4 Å². The molecule has 114 valence electrons. The van der Waals surface area contributed by atoms with Crippen LogP contribution in [0.4, 0.5) is 0 Å². The normalized spacial score (nSPS) is 11.8. The van der Waals surface area contributed by atoms with Gasteiger partial charge in [0.15, 0.2) is 0 Å². The van der Waals surface area contributed by atoms with Crippen LogP contribution >= 0.6 is 11.8 Å². The lowest BCUT2D eigenvalue weighted by Crippen LogP contribution is -2.35. The van der Waals surface area contributed by atoms with Gasteiger partial charge in [0, 0.05) is 23.6 Å². The first-order valence-corrected chi connectivity index (χ1v) is 8.57. The average molecular weight is 295 g/mol. The summed E-state index contributed by atoms with van der Waals surface area (Å²) >= 11 is 1.93. The zero-order valence-corrected chi connectivity index (χ0v) is 13.9. The zero-order chi connectivity index (χ0) is 14.8. The molecule has 1 rings (SSSR count). The van der Waals surface area contributed by atoms with Gasteiger partial charge in [-0.15, -0.1) is 11.8 Å². The van der Waals surface area contributed by atoms with Crippen molar-refractivity contribution < 1.29 is 5.11 Å². The van der Waals surface area contributed by atoms with E-state index < -0.39 is 0 Å². The van der Waals surface area contributed by atoms with E-state index in [0.717, 1.165) is 19.4 Å². The van der Waals surface area contributed by atoms with Crippen molar-refractivity contribution in [3.63, 3.8) is 0 Å². The second kappa shape index (κ2) is 9.43. The molecule has 0 fully saturated rings. The number of nitrogens with one attached hydrogen (secondary N) is 1. The predicted octanol–water partition coefficient (Wildman–Crippen LogP) is 4.22. The molecule has 0 aliphatic carbocycles. The number of aliphatic hydroxyl groups is 1. The third-order valence-electron chi connectivity index (χ3n) is 3.07. The molecule has 0 amide bonds. The van der Waals surface area contributed by atoms with E-state index >= 15 is 0 Å². The summed E-state index contributed by atoms with van der Waals surface area (Å²) in [7, 11) is 0. The molecule has 3 heteroatoms. The third-order valence-corrected chi connectivity index (χ3v) is 4.17. The Morgan fingerprint density at radius 1 is 1.00 bits per heavy atom. The molecule has 0 spiro atoms. The van der Waals surface area contributed by atoms with Gasteiger partial charge in [-0.1, -0.05) is 25.0 Å². The van der Waals surface area contributed by atoms with E-state index in [1.165, 1.54) is 29.1 Å². The number of thioether (sulfide) groups is 1. The van der Waals surface area contributed by atoms with Gasteiger partial charge in [0.1, 0.15) is 0 Å². The summed E-state index contributed by atoms with van der Waals surface area (Å²) in [5, 5.41) is 12.2. The highest BCUT2D eigenvalue weighted by molar-refractivity contribution is 7.99. The Hall–Kier alpha value is -0.510. The largest absolute Gasteiger partial charge is 0.396 e. The van der Waals surface area contributed by atoms with Crippen LogP contribution in [0, 0.1) is 0 Å². The average Bonchev–Trinajstić information content (AvgIpc) is 2.41. The van der Waals surface area contributed by atoms with Crippen molar-refractivity contribution in [3.05, 3.63) is 29.8 Å². The molecule has 0 unspecified atom stereocenters. The van der Waals surface area contributed by atoms with Crippen molar-refractivity contribution in [2.45, 2.75) is 63.4 Å². The molecular weight excluding hydrogens is 266 g/mol. The highest BCUT2D eigenvalue weighted by atomic mass is 32.2. The minimum atomic E-state index is 0.169. The number of benzene rings is 1. The molecule has 2 nitrogen and oxygen atoms in total. The lowest BCUT2D eigenvalue weighted by molar-refractivity contribution is 0.283. The molecule has 0 radical (unpaired) electrons. The van der Waals surface area contributed by atoms with Gasteiger partial charge in [-0.3, -0.25) is 0 Å². The maximum Gasteiger partial charge on any atom is 0.0431 e. The van der Waals surface area contributed by atoms with Gasteiger partial charge in [-0.2, -0.15) is 0 Å². The van der Waals surface area contributed by atoms with E-state index in [1.54, 1.807) is 0 Å². The maximum absolute atomic E-state index is 8.71. The van der Waals surface area contributed by atoms with Crippen LogP contribution in [0.5, 0.6) is 0 Å². The Balaban J connectivity index is 2.21. The van der Waals surface area contributed by atoms with Crippen molar-refractivity contribution >= 4 is 11.8 Å². The second-order valence-electron chi connectivity index (χ2n) is 6.23. The minimum Gasteiger partial charge on any atom is -0.396 e. The number of unbranched alkanes of at least 4 members (excludes halogenated alkanes) is 3. The zero-order valence-electron chi connectivity index (χ0n) is 13.1. The molecule has 0 aliphatic rings. The fourth-order valence-electron chi connectivity index (χ4n) is 1.83. The molecule has 0 bridgehead atoms. The lowest BCUT2D eigenvalue weighted by Gasteiger charge is -2.20. The summed E-state index contributed by atoms with van der Waals surface area (Å²) in [5.74, 6) is 1.17. The fourth-order valence-corrected chi connectivity index (χ4v) is 2.74. The van der Waals surface area contributed by atoms with Crippen LogP contribution in [0.3, 0.4) is 0 Å². The van der Waals surface area contributed by atoms with Crippen molar-refractivity contribution in [1.29, 1.82) is 0 Å². The Morgan fingerprint density at radius 3 is 2.25 bits per heavy atom. The van der Waals surface area contributed by atoms with Crippen molar-refractivity contribution in [3.8, 4) is 0 Å². The van der Waals surface area contributed by atoms with Crippen LogP contribution in [0.25, 0.3) is 0 Å². The number of hydrogen-bond donors (Lipinski definition) is 2.